The smallest absolute Gasteiger partial charge is 0.339 e. The van der Waals surface area contributed by atoms with Crippen LogP contribution in [0.15, 0.2) is 24.3 Å². The predicted octanol–water partition coefficient (Wildman–Crippen LogP) is 3.27. The highest BCUT2D eigenvalue weighted by Crippen LogP contribution is 2.26. The molecule has 1 aliphatic carbocycles. The summed E-state index contributed by atoms with van der Waals surface area (Å²) in [5.74, 6) is 0.365. The van der Waals surface area contributed by atoms with Crippen LogP contribution in [0.5, 0.6) is 5.75 Å². The van der Waals surface area contributed by atoms with Gasteiger partial charge >= 0.3 is 5.97 Å². The van der Waals surface area contributed by atoms with Gasteiger partial charge in [0, 0.05) is 12.6 Å². The van der Waals surface area contributed by atoms with E-state index in [1.807, 2.05) is 0 Å². The Kier molecular flexibility index (Phi) is 5.62. The molecule has 0 radical (unpaired) electrons. The first-order valence-corrected chi connectivity index (χ1v) is 7.73. The fourth-order valence-corrected chi connectivity index (χ4v) is 2.93. The zero-order chi connectivity index (χ0) is 15.2. The van der Waals surface area contributed by atoms with Gasteiger partial charge in [0.1, 0.15) is 17.9 Å². The molecule has 0 spiro atoms. The van der Waals surface area contributed by atoms with Crippen LogP contribution in [0, 0.1) is 5.92 Å². The summed E-state index contributed by atoms with van der Waals surface area (Å²) in [5, 5.41) is 9.11. The number of aromatic carboxylic acids is 1. The van der Waals surface area contributed by atoms with Crippen molar-refractivity contribution in [2.24, 2.45) is 5.92 Å². The summed E-state index contributed by atoms with van der Waals surface area (Å²) < 4.78 is 5.66. The van der Waals surface area contributed by atoms with Crippen LogP contribution in [0.25, 0.3) is 0 Å². The van der Waals surface area contributed by atoms with Crippen LogP contribution in [-0.4, -0.2) is 42.2 Å². The predicted molar refractivity (Wildman–Crippen MR) is 82.9 cm³/mol. The van der Waals surface area contributed by atoms with Crippen molar-refractivity contribution in [3.05, 3.63) is 29.8 Å². The first-order valence-electron chi connectivity index (χ1n) is 7.73. The SMILES string of the molecule is CC1CCC(N(C)CCOc2ccccc2C(=O)O)CC1. The maximum atomic E-state index is 11.1. The number of carboxylic acids is 1. The number of carbonyl (C=O) groups is 1. The van der Waals surface area contributed by atoms with Gasteiger partial charge in [0.15, 0.2) is 0 Å². The van der Waals surface area contributed by atoms with Gasteiger partial charge in [-0.15, -0.1) is 0 Å². The summed E-state index contributed by atoms with van der Waals surface area (Å²) >= 11 is 0. The Morgan fingerprint density at radius 2 is 1.95 bits per heavy atom. The first kappa shape index (κ1) is 15.8. The lowest BCUT2D eigenvalue weighted by Crippen LogP contribution is -2.37. The molecule has 4 nitrogen and oxygen atoms in total. The third-order valence-corrected chi connectivity index (χ3v) is 4.43. The molecule has 0 heterocycles. The van der Waals surface area contributed by atoms with Gasteiger partial charge in [0.25, 0.3) is 0 Å². The first-order chi connectivity index (χ1) is 10.1. The molecule has 1 aromatic carbocycles. The molecule has 116 valence electrons. The summed E-state index contributed by atoms with van der Waals surface area (Å²) in [6.07, 6.45) is 5.11. The Labute approximate surface area is 126 Å². The van der Waals surface area contributed by atoms with E-state index in [4.69, 9.17) is 9.84 Å². The molecule has 1 aliphatic rings. The van der Waals surface area contributed by atoms with Crippen LogP contribution in [0.1, 0.15) is 43.0 Å². The molecular formula is C17H25NO3. The second kappa shape index (κ2) is 7.46. The molecule has 0 saturated heterocycles. The van der Waals surface area contributed by atoms with Crippen molar-refractivity contribution >= 4 is 5.97 Å². The van der Waals surface area contributed by atoms with Gasteiger partial charge in [0.05, 0.1) is 0 Å². The molecule has 0 amide bonds. The van der Waals surface area contributed by atoms with E-state index in [1.165, 1.54) is 25.7 Å². The Morgan fingerprint density at radius 3 is 2.62 bits per heavy atom. The number of benzene rings is 1. The molecule has 2 rings (SSSR count). The van der Waals surface area contributed by atoms with Gasteiger partial charge in [0.2, 0.25) is 0 Å². The quantitative estimate of drug-likeness (QED) is 0.874. The van der Waals surface area contributed by atoms with Gasteiger partial charge < -0.3 is 14.7 Å². The number of hydrogen-bond acceptors (Lipinski definition) is 3. The Balaban J connectivity index is 1.80. The molecule has 21 heavy (non-hydrogen) atoms. The van der Waals surface area contributed by atoms with Crippen molar-refractivity contribution < 1.29 is 14.6 Å². The second-order valence-electron chi connectivity index (χ2n) is 6.04. The van der Waals surface area contributed by atoms with Crippen molar-refractivity contribution in [3.63, 3.8) is 0 Å². The molecule has 1 N–H and O–H groups in total. The maximum absolute atomic E-state index is 11.1. The molecule has 0 aliphatic heterocycles. The number of rotatable bonds is 6. The van der Waals surface area contributed by atoms with Gasteiger partial charge in [-0.25, -0.2) is 4.79 Å². The highest BCUT2D eigenvalue weighted by molar-refractivity contribution is 5.90. The minimum Gasteiger partial charge on any atom is -0.491 e. The fraction of sp³-hybridized carbons (Fsp3) is 0.588. The molecular weight excluding hydrogens is 266 g/mol. The van der Waals surface area contributed by atoms with E-state index < -0.39 is 5.97 Å². The number of ether oxygens (including phenoxy) is 1. The lowest BCUT2D eigenvalue weighted by molar-refractivity contribution is 0.0691. The van der Waals surface area contributed by atoms with Crippen LogP contribution in [0.3, 0.4) is 0 Å². The molecule has 0 bridgehead atoms. The molecule has 0 aromatic heterocycles. The lowest BCUT2D eigenvalue weighted by Gasteiger charge is -2.33. The average molecular weight is 291 g/mol. The molecule has 1 fully saturated rings. The number of likely N-dealkylation sites (N-methyl/N-ethyl adjacent to an activating group) is 1. The van der Waals surface area contributed by atoms with E-state index in [0.717, 1.165) is 12.5 Å². The third kappa shape index (κ3) is 4.46. The number of hydrogen-bond donors (Lipinski definition) is 1. The monoisotopic (exact) mass is 291 g/mol. The van der Waals surface area contributed by atoms with E-state index in [1.54, 1.807) is 24.3 Å². The Morgan fingerprint density at radius 1 is 1.29 bits per heavy atom. The normalized spacial score (nSPS) is 22.2. The van der Waals surface area contributed by atoms with Crippen molar-refractivity contribution in [1.82, 2.24) is 4.90 Å². The lowest BCUT2D eigenvalue weighted by atomic mass is 9.87. The van der Waals surface area contributed by atoms with E-state index in [2.05, 4.69) is 18.9 Å². The molecule has 0 unspecified atom stereocenters. The number of carboxylic acid groups (broad SMARTS) is 1. The molecule has 4 heteroatoms. The van der Waals surface area contributed by atoms with Gasteiger partial charge in [-0.1, -0.05) is 19.1 Å². The third-order valence-electron chi connectivity index (χ3n) is 4.43. The molecule has 1 saturated carbocycles. The van der Waals surface area contributed by atoms with Crippen LogP contribution in [-0.2, 0) is 0 Å². The van der Waals surface area contributed by atoms with E-state index in [0.29, 0.717) is 18.4 Å². The molecule has 1 aromatic rings. The van der Waals surface area contributed by atoms with Gasteiger partial charge in [-0.05, 0) is 50.8 Å². The summed E-state index contributed by atoms with van der Waals surface area (Å²) in [5.41, 5.74) is 0.228. The minimum absolute atomic E-state index is 0.228. The highest BCUT2D eigenvalue weighted by atomic mass is 16.5. The summed E-state index contributed by atoms with van der Waals surface area (Å²) in [6, 6.07) is 7.44. The summed E-state index contributed by atoms with van der Waals surface area (Å²) in [4.78, 5) is 13.4. The largest absolute Gasteiger partial charge is 0.491 e. The van der Waals surface area contributed by atoms with E-state index in [9.17, 15) is 4.79 Å². The van der Waals surface area contributed by atoms with Crippen LogP contribution >= 0.6 is 0 Å². The minimum atomic E-state index is -0.944. The zero-order valence-electron chi connectivity index (χ0n) is 12.9. The van der Waals surface area contributed by atoms with Crippen molar-refractivity contribution in [1.29, 1.82) is 0 Å². The van der Waals surface area contributed by atoms with Crippen LogP contribution in [0.4, 0.5) is 0 Å². The van der Waals surface area contributed by atoms with Crippen LogP contribution < -0.4 is 4.74 Å². The van der Waals surface area contributed by atoms with Crippen molar-refractivity contribution in [3.8, 4) is 5.75 Å². The van der Waals surface area contributed by atoms with Crippen molar-refractivity contribution in [2.45, 2.75) is 38.6 Å². The second-order valence-corrected chi connectivity index (χ2v) is 6.04. The maximum Gasteiger partial charge on any atom is 0.339 e. The average Bonchev–Trinajstić information content (AvgIpc) is 2.48. The fourth-order valence-electron chi connectivity index (χ4n) is 2.93. The Bertz CT molecular complexity index is 467. The van der Waals surface area contributed by atoms with E-state index in [-0.39, 0.29) is 5.56 Å². The summed E-state index contributed by atoms with van der Waals surface area (Å²) in [7, 11) is 2.13. The van der Waals surface area contributed by atoms with Crippen LogP contribution in [0.2, 0.25) is 0 Å². The Hall–Kier alpha value is -1.55. The van der Waals surface area contributed by atoms with E-state index >= 15 is 0 Å². The molecule has 0 atom stereocenters. The van der Waals surface area contributed by atoms with Crippen molar-refractivity contribution in [2.75, 3.05) is 20.2 Å². The summed E-state index contributed by atoms with van der Waals surface area (Å²) in [6.45, 7) is 3.67. The number of nitrogens with zero attached hydrogens (tertiary/aromatic N) is 1. The standard InChI is InChI=1S/C17H25NO3/c1-13-7-9-14(10-8-13)18(2)11-12-21-16-6-4-3-5-15(16)17(19)20/h3-6,13-14H,7-12H2,1-2H3,(H,19,20). The van der Waals surface area contributed by atoms with Gasteiger partial charge in [-0.3, -0.25) is 0 Å². The zero-order valence-corrected chi connectivity index (χ0v) is 12.9. The topological polar surface area (TPSA) is 49.8 Å². The van der Waals surface area contributed by atoms with Gasteiger partial charge in [-0.2, -0.15) is 0 Å². The number of para-hydroxylation sites is 1. The highest BCUT2D eigenvalue weighted by Gasteiger charge is 2.21.